The zero-order valence-corrected chi connectivity index (χ0v) is 10.5. The highest BCUT2D eigenvalue weighted by Gasteiger charge is 2.15. The second kappa shape index (κ2) is 6.48. The van der Waals surface area contributed by atoms with Crippen LogP contribution in [0.5, 0.6) is 11.5 Å². The molecule has 0 aliphatic rings. The lowest BCUT2D eigenvalue weighted by atomic mass is 10.2. The Morgan fingerprint density at radius 2 is 1.83 bits per heavy atom. The van der Waals surface area contributed by atoms with Gasteiger partial charge in [-0.25, -0.2) is 4.79 Å². The van der Waals surface area contributed by atoms with Crippen molar-refractivity contribution in [3.05, 3.63) is 18.2 Å². The summed E-state index contributed by atoms with van der Waals surface area (Å²) in [5, 5.41) is 2.40. The molecule has 1 aromatic carbocycles. The van der Waals surface area contributed by atoms with Crippen LogP contribution in [0.2, 0.25) is 0 Å². The van der Waals surface area contributed by atoms with E-state index in [1.165, 1.54) is 14.2 Å². The fourth-order valence-electron chi connectivity index (χ4n) is 1.29. The van der Waals surface area contributed by atoms with Crippen LogP contribution in [0.25, 0.3) is 0 Å². The summed E-state index contributed by atoms with van der Waals surface area (Å²) in [4.78, 5) is 22.5. The molecule has 1 aromatic rings. The normalized spacial score (nSPS) is 9.50. The first-order chi connectivity index (χ1) is 8.62. The molecule has 0 unspecified atom stereocenters. The van der Waals surface area contributed by atoms with Gasteiger partial charge in [0.15, 0.2) is 11.5 Å². The Morgan fingerprint density at radius 3 is 2.39 bits per heavy atom. The van der Waals surface area contributed by atoms with Crippen LogP contribution in [0.4, 0.5) is 5.69 Å². The lowest BCUT2D eigenvalue weighted by Gasteiger charge is -2.10. The van der Waals surface area contributed by atoms with E-state index in [0.29, 0.717) is 17.2 Å². The van der Waals surface area contributed by atoms with Gasteiger partial charge in [0.2, 0.25) is 0 Å². The second-order valence-corrected chi connectivity index (χ2v) is 3.24. The SMILES string of the molecule is CCOC(=O)C(=O)Nc1ccc(OC)c(OC)c1. The first-order valence-electron chi connectivity index (χ1n) is 5.32. The van der Waals surface area contributed by atoms with Crippen molar-refractivity contribution in [2.75, 3.05) is 26.1 Å². The van der Waals surface area contributed by atoms with Gasteiger partial charge in [0.1, 0.15) is 0 Å². The predicted octanol–water partition coefficient (Wildman–Crippen LogP) is 1.21. The Labute approximate surface area is 105 Å². The molecule has 1 N–H and O–H groups in total. The Balaban J connectivity index is 2.79. The highest BCUT2D eigenvalue weighted by molar-refractivity contribution is 6.37. The van der Waals surface area contributed by atoms with E-state index in [1.54, 1.807) is 25.1 Å². The van der Waals surface area contributed by atoms with Crippen LogP contribution in [0.15, 0.2) is 18.2 Å². The zero-order chi connectivity index (χ0) is 13.5. The predicted molar refractivity (Wildman–Crippen MR) is 64.8 cm³/mol. The Morgan fingerprint density at radius 1 is 1.17 bits per heavy atom. The van der Waals surface area contributed by atoms with Crippen molar-refractivity contribution < 1.29 is 23.8 Å². The van der Waals surface area contributed by atoms with E-state index in [0.717, 1.165) is 0 Å². The van der Waals surface area contributed by atoms with Crippen molar-refractivity contribution in [3.63, 3.8) is 0 Å². The molecule has 0 aliphatic carbocycles. The van der Waals surface area contributed by atoms with E-state index in [9.17, 15) is 9.59 Å². The van der Waals surface area contributed by atoms with Gasteiger partial charge < -0.3 is 19.5 Å². The van der Waals surface area contributed by atoms with Crippen molar-refractivity contribution >= 4 is 17.6 Å². The minimum Gasteiger partial charge on any atom is -0.493 e. The van der Waals surface area contributed by atoms with Gasteiger partial charge in [0.25, 0.3) is 0 Å². The standard InChI is InChI=1S/C12H15NO5/c1-4-18-12(15)11(14)13-8-5-6-9(16-2)10(7-8)17-3/h5-7H,4H2,1-3H3,(H,13,14). The highest BCUT2D eigenvalue weighted by atomic mass is 16.5. The number of carbonyl (C=O) groups excluding carboxylic acids is 2. The van der Waals surface area contributed by atoms with Crippen LogP contribution < -0.4 is 14.8 Å². The molecule has 1 amide bonds. The molecule has 0 saturated heterocycles. The molecule has 0 bridgehead atoms. The third-order valence-electron chi connectivity index (χ3n) is 2.10. The van der Waals surface area contributed by atoms with Crippen molar-refractivity contribution in [2.45, 2.75) is 6.92 Å². The molecule has 0 radical (unpaired) electrons. The average Bonchev–Trinajstić information content (AvgIpc) is 2.38. The van der Waals surface area contributed by atoms with Gasteiger partial charge in [-0.15, -0.1) is 0 Å². The Kier molecular flexibility index (Phi) is 4.98. The van der Waals surface area contributed by atoms with Gasteiger partial charge >= 0.3 is 11.9 Å². The van der Waals surface area contributed by atoms with Crippen LogP contribution >= 0.6 is 0 Å². The highest BCUT2D eigenvalue weighted by Crippen LogP contribution is 2.29. The van der Waals surface area contributed by atoms with Crippen LogP contribution in [-0.2, 0) is 14.3 Å². The van der Waals surface area contributed by atoms with Crippen molar-refractivity contribution in [1.29, 1.82) is 0 Å². The molecule has 0 fully saturated rings. The smallest absolute Gasteiger partial charge is 0.397 e. The van der Waals surface area contributed by atoms with Crippen LogP contribution in [-0.4, -0.2) is 32.7 Å². The average molecular weight is 253 g/mol. The first-order valence-corrected chi connectivity index (χ1v) is 5.32. The van der Waals surface area contributed by atoms with E-state index in [-0.39, 0.29) is 6.61 Å². The molecule has 0 atom stereocenters. The molecule has 0 saturated carbocycles. The molecular formula is C12H15NO5. The van der Waals surface area contributed by atoms with E-state index < -0.39 is 11.9 Å². The first kappa shape index (κ1) is 13.8. The number of hydrogen-bond donors (Lipinski definition) is 1. The van der Waals surface area contributed by atoms with Crippen LogP contribution in [0.3, 0.4) is 0 Å². The maximum atomic E-state index is 11.4. The minimum atomic E-state index is -0.924. The molecule has 6 heteroatoms. The summed E-state index contributed by atoms with van der Waals surface area (Å²) in [6, 6.07) is 4.77. The lowest BCUT2D eigenvalue weighted by Crippen LogP contribution is -2.24. The number of carbonyl (C=O) groups is 2. The summed E-state index contributed by atoms with van der Waals surface area (Å²) < 4.78 is 14.7. The molecular weight excluding hydrogens is 238 g/mol. The lowest BCUT2D eigenvalue weighted by molar-refractivity contribution is -0.152. The number of methoxy groups -OCH3 is 2. The number of anilines is 1. The van der Waals surface area contributed by atoms with E-state index in [2.05, 4.69) is 10.1 Å². The maximum absolute atomic E-state index is 11.4. The van der Waals surface area contributed by atoms with Gasteiger partial charge in [-0.2, -0.15) is 0 Å². The van der Waals surface area contributed by atoms with Crippen LogP contribution in [0, 0.1) is 0 Å². The van der Waals surface area contributed by atoms with Gasteiger partial charge in [-0.05, 0) is 19.1 Å². The maximum Gasteiger partial charge on any atom is 0.397 e. The number of nitrogens with one attached hydrogen (secondary N) is 1. The largest absolute Gasteiger partial charge is 0.493 e. The monoisotopic (exact) mass is 253 g/mol. The van der Waals surface area contributed by atoms with Crippen molar-refractivity contribution in [1.82, 2.24) is 0 Å². The van der Waals surface area contributed by atoms with Gasteiger partial charge in [0.05, 0.1) is 20.8 Å². The van der Waals surface area contributed by atoms with E-state index >= 15 is 0 Å². The molecule has 18 heavy (non-hydrogen) atoms. The molecule has 0 heterocycles. The molecule has 6 nitrogen and oxygen atoms in total. The number of amides is 1. The van der Waals surface area contributed by atoms with Crippen molar-refractivity contribution in [3.8, 4) is 11.5 Å². The van der Waals surface area contributed by atoms with Crippen molar-refractivity contribution in [2.24, 2.45) is 0 Å². The Bertz CT molecular complexity index is 444. The summed E-state index contributed by atoms with van der Waals surface area (Å²) in [7, 11) is 2.99. The molecule has 0 aromatic heterocycles. The fourth-order valence-corrected chi connectivity index (χ4v) is 1.29. The molecule has 98 valence electrons. The topological polar surface area (TPSA) is 73.9 Å². The number of benzene rings is 1. The van der Waals surface area contributed by atoms with Gasteiger partial charge in [0, 0.05) is 11.8 Å². The second-order valence-electron chi connectivity index (χ2n) is 3.24. The summed E-state index contributed by atoms with van der Waals surface area (Å²) in [5.41, 5.74) is 0.422. The zero-order valence-electron chi connectivity index (χ0n) is 10.5. The quantitative estimate of drug-likeness (QED) is 0.644. The number of ether oxygens (including phenoxy) is 3. The molecule has 1 rings (SSSR count). The van der Waals surface area contributed by atoms with E-state index in [1.807, 2.05) is 0 Å². The third kappa shape index (κ3) is 3.38. The number of hydrogen-bond acceptors (Lipinski definition) is 5. The summed E-state index contributed by atoms with van der Waals surface area (Å²) in [6.07, 6.45) is 0. The molecule has 0 spiro atoms. The summed E-state index contributed by atoms with van der Waals surface area (Å²) in [6.45, 7) is 1.78. The number of esters is 1. The Hall–Kier alpha value is -2.24. The molecule has 0 aliphatic heterocycles. The van der Waals surface area contributed by atoms with Gasteiger partial charge in [-0.3, -0.25) is 4.79 Å². The minimum absolute atomic E-state index is 0.151. The summed E-state index contributed by atoms with van der Waals surface area (Å²) in [5.74, 6) is -0.762. The fraction of sp³-hybridized carbons (Fsp3) is 0.333. The van der Waals surface area contributed by atoms with E-state index in [4.69, 9.17) is 9.47 Å². The number of rotatable bonds is 4. The van der Waals surface area contributed by atoms with Gasteiger partial charge in [-0.1, -0.05) is 0 Å². The summed E-state index contributed by atoms with van der Waals surface area (Å²) >= 11 is 0. The van der Waals surface area contributed by atoms with Crippen LogP contribution in [0.1, 0.15) is 6.92 Å². The third-order valence-corrected chi connectivity index (χ3v) is 2.10.